The number of piperidine rings is 1. The van der Waals surface area contributed by atoms with E-state index >= 15 is 0 Å². The van der Waals surface area contributed by atoms with E-state index in [2.05, 4.69) is 33.8 Å². The topological polar surface area (TPSA) is 60.8 Å². The van der Waals surface area contributed by atoms with E-state index < -0.39 is 5.41 Å². The summed E-state index contributed by atoms with van der Waals surface area (Å²) >= 11 is 0. The van der Waals surface area contributed by atoms with Crippen molar-refractivity contribution in [2.45, 2.75) is 40.5 Å². The van der Waals surface area contributed by atoms with Crippen LogP contribution in [0.3, 0.4) is 0 Å². The van der Waals surface area contributed by atoms with E-state index in [-0.39, 0.29) is 30.5 Å². The highest BCUT2D eigenvalue weighted by Crippen LogP contribution is 2.60. The molecular formula is C17H29NO3. The summed E-state index contributed by atoms with van der Waals surface area (Å²) in [5, 5.41) is 18.9. The minimum atomic E-state index is -0.394. The molecule has 0 aromatic rings. The highest BCUT2D eigenvalue weighted by Gasteiger charge is 2.61. The molecule has 4 nitrogen and oxygen atoms in total. The molecule has 0 aromatic carbocycles. The molecule has 0 spiro atoms. The zero-order valence-corrected chi connectivity index (χ0v) is 13.7. The van der Waals surface area contributed by atoms with Crippen LogP contribution in [0.2, 0.25) is 0 Å². The van der Waals surface area contributed by atoms with Crippen LogP contribution in [0.15, 0.2) is 11.6 Å². The van der Waals surface area contributed by atoms with E-state index in [0.29, 0.717) is 31.8 Å². The van der Waals surface area contributed by atoms with Crippen LogP contribution in [0.25, 0.3) is 0 Å². The van der Waals surface area contributed by atoms with Gasteiger partial charge in [-0.2, -0.15) is 0 Å². The predicted molar refractivity (Wildman–Crippen MR) is 82.6 cm³/mol. The lowest BCUT2D eigenvalue weighted by atomic mass is 9.80. The molecule has 2 fully saturated rings. The van der Waals surface area contributed by atoms with Crippen molar-refractivity contribution in [1.82, 2.24) is 4.90 Å². The van der Waals surface area contributed by atoms with Gasteiger partial charge in [0.15, 0.2) is 0 Å². The minimum absolute atomic E-state index is 0.000838. The molecule has 4 heteroatoms. The number of allylic oxidation sites excluding steroid dienone is 2. The highest BCUT2D eigenvalue weighted by molar-refractivity contribution is 5.84. The first-order valence-electron chi connectivity index (χ1n) is 7.93. The molecule has 1 saturated carbocycles. The van der Waals surface area contributed by atoms with Crippen molar-refractivity contribution >= 4 is 5.91 Å². The standard InChI is InChI=1S/C17H29NO3/c1-12(2)9-13-14(16(13,3)4)15(21)18-7-5-17(10-19,11-20)6-8-18/h9,13-14,19-20H,5-8,10-11H2,1-4H3. The number of hydrogen-bond acceptors (Lipinski definition) is 3. The molecular weight excluding hydrogens is 266 g/mol. The number of carbonyl (C=O) groups excluding carboxylic acids is 1. The van der Waals surface area contributed by atoms with Crippen molar-refractivity contribution in [2.24, 2.45) is 22.7 Å². The van der Waals surface area contributed by atoms with E-state index in [1.165, 1.54) is 5.57 Å². The van der Waals surface area contributed by atoms with E-state index in [9.17, 15) is 15.0 Å². The van der Waals surface area contributed by atoms with Crippen LogP contribution in [0, 0.1) is 22.7 Å². The summed E-state index contributed by atoms with van der Waals surface area (Å²) in [6, 6.07) is 0. The molecule has 0 radical (unpaired) electrons. The third kappa shape index (κ3) is 3.02. The summed E-state index contributed by atoms with van der Waals surface area (Å²) in [5.74, 6) is 0.674. The lowest BCUT2D eigenvalue weighted by Crippen LogP contribution is -2.47. The Balaban J connectivity index is 1.99. The molecule has 2 N–H and O–H groups in total. The number of likely N-dealkylation sites (tertiary alicyclic amines) is 1. The molecule has 0 aromatic heterocycles. The SMILES string of the molecule is CC(C)=CC1C(C(=O)N2CCC(CO)(CO)CC2)C1(C)C. The fourth-order valence-corrected chi connectivity index (χ4v) is 3.58. The molecule has 2 aliphatic rings. The average Bonchev–Trinajstić information content (AvgIpc) is 2.98. The molecule has 0 bridgehead atoms. The van der Waals surface area contributed by atoms with Crippen LogP contribution in [0.4, 0.5) is 0 Å². The lowest BCUT2D eigenvalue weighted by Gasteiger charge is -2.39. The fourth-order valence-electron chi connectivity index (χ4n) is 3.58. The van der Waals surface area contributed by atoms with Crippen LogP contribution < -0.4 is 0 Å². The van der Waals surface area contributed by atoms with Gasteiger partial charge in [-0.1, -0.05) is 25.5 Å². The summed E-state index contributed by atoms with van der Waals surface area (Å²) in [7, 11) is 0. The number of aliphatic hydroxyl groups excluding tert-OH is 2. The van der Waals surface area contributed by atoms with Crippen LogP contribution in [0.5, 0.6) is 0 Å². The minimum Gasteiger partial charge on any atom is -0.396 e. The third-order valence-electron chi connectivity index (χ3n) is 5.50. The van der Waals surface area contributed by atoms with Crippen LogP contribution in [0.1, 0.15) is 40.5 Å². The quantitative estimate of drug-likeness (QED) is 0.778. The molecule has 2 unspecified atom stereocenters. The second kappa shape index (κ2) is 5.73. The molecule has 1 aliphatic heterocycles. The Bertz CT molecular complexity index is 423. The number of aliphatic hydroxyl groups is 2. The van der Waals surface area contributed by atoms with Crippen LogP contribution >= 0.6 is 0 Å². The van der Waals surface area contributed by atoms with Gasteiger partial charge in [-0.25, -0.2) is 0 Å². The summed E-state index contributed by atoms with van der Waals surface area (Å²) in [6.45, 7) is 9.77. The zero-order valence-electron chi connectivity index (χ0n) is 13.7. The van der Waals surface area contributed by atoms with Crippen molar-refractivity contribution in [3.8, 4) is 0 Å². The van der Waals surface area contributed by atoms with Gasteiger partial charge >= 0.3 is 0 Å². The first-order valence-corrected chi connectivity index (χ1v) is 7.93. The molecule has 21 heavy (non-hydrogen) atoms. The molecule has 1 heterocycles. The van der Waals surface area contributed by atoms with Gasteiger partial charge in [0, 0.05) is 18.5 Å². The molecule has 2 rings (SSSR count). The molecule has 1 amide bonds. The van der Waals surface area contributed by atoms with E-state index in [4.69, 9.17) is 0 Å². The fraction of sp³-hybridized carbons (Fsp3) is 0.824. The van der Waals surface area contributed by atoms with E-state index in [0.717, 1.165) is 0 Å². The van der Waals surface area contributed by atoms with Crippen molar-refractivity contribution in [3.05, 3.63) is 11.6 Å². The first-order chi connectivity index (χ1) is 9.77. The Hall–Kier alpha value is -0.870. The average molecular weight is 295 g/mol. The summed E-state index contributed by atoms with van der Waals surface area (Å²) < 4.78 is 0. The smallest absolute Gasteiger partial charge is 0.226 e. The highest BCUT2D eigenvalue weighted by atomic mass is 16.3. The second-order valence-electron chi connectivity index (χ2n) is 7.71. The number of rotatable bonds is 4. The monoisotopic (exact) mass is 295 g/mol. The first kappa shape index (κ1) is 16.5. The van der Waals surface area contributed by atoms with Gasteiger partial charge in [0.2, 0.25) is 5.91 Å². The Kier molecular flexibility index (Phi) is 4.50. The summed E-state index contributed by atoms with van der Waals surface area (Å²) in [6.07, 6.45) is 3.59. The zero-order chi connectivity index (χ0) is 15.8. The van der Waals surface area contributed by atoms with Gasteiger partial charge in [-0.05, 0) is 38.0 Å². The maximum atomic E-state index is 12.7. The van der Waals surface area contributed by atoms with Crippen LogP contribution in [-0.2, 0) is 4.79 Å². The van der Waals surface area contributed by atoms with Gasteiger partial charge in [-0.3, -0.25) is 4.79 Å². The Morgan fingerprint density at radius 3 is 2.14 bits per heavy atom. The Morgan fingerprint density at radius 1 is 1.19 bits per heavy atom. The maximum Gasteiger partial charge on any atom is 0.226 e. The summed E-state index contributed by atoms with van der Waals surface area (Å²) in [4.78, 5) is 14.7. The lowest BCUT2D eigenvalue weighted by molar-refractivity contribution is -0.137. The number of nitrogens with zero attached hydrogens (tertiary/aromatic N) is 1. The third-order valence-corrected chi connectivity index (χ3v) is 5.50. The van der Waals surface area contributed by atoms with Gasteiger partial charge in [0.05, 0.1) is 19.1 Å². The Morgan fingerprint density at radius 2 is 1.71 bits per heavy atom. The van der Waals surface area contributed by atoms with E-state index in [1.807, 2.05) is 4.90 Å². The number of amides is 1. The van der Waals surface area contributed by atoms with E-state index in [1.54, 1.807) is 0 Å². The second-order valence-corrected chi connectivity index (χ2v) is 7.71. The molecule has 2 atom stereocenters. The number of carbonyl (C=O) groups is 1. The normalized spacial score (nSPS) is 29.9. The van der Waals surface area contributed by atoms with Gasteiger partial charge in [-0.15, -0.1) is 0 Å². The van der Waals surface area contributed by atoms with Crippen molar-refractivity contribution in [2.75, 3.05) is 26.3 Å². The van der Waals surface area contributed by atoms with Crippen molar-refractivity contribution in [1.29, 1.82) is 0 Å². The maximum absolute atomic E-state index is 12.7. The van der Waals surface area contributed by atoms with Gasteiger partial charge in [0.25, 0.3) is 0 Å². The predicted octanol–water partition coefficient (Wildman–Crippen LogP) is 1.82. The largest absolute Gasteiger partial charge is 0.396 e. The molecule has 1 aliphatic carbocycles. The molecule has 1 saturated heterocycles. The van der Waals surface area contributed by atoms with Crippen molar-refractivity contribution < 1.29 is 15.0 Å². The van der Waals surface area contributed by atoms with Crippen LogP contribution in [-0.4, -0.2) is 47.3 Å². The summed E-state index contributed by atoms with van der Waals surface area (Å²) in [5.41, 5.74) is 0.924. The Labute approximate surface area is 127 Å². The molecule has 120 valence electrons. The van der Waals surface area contributed by atoms with Crippen molar-refractivity contribution in [3.63, 3.8) is 0 Å². The number of hydrogen-bond donors (Lipinski definition) is 2. The van der Waals surface area contributed by atoms with Gasteiger partial charge in [0.1, 0.15) is 0 Å². The van der Waals surface area contributed by atoms with Gasteiger partial charge < -0.3 is 15.1 Å².